The molecule has 0 heterocycles. The third-order valence-corrected chi connectivity index (χ3v) is 5.15. The highest BCUT2D eigenvalue weighted by Gasteiger charge is 2.23. The Hall–Kier alpha value is -2.55. The maximum absolute atomic E-state index is 12.5. The minimum atomic E-state index is 0.114. The standard InChI is InChI=1S/C23H16Cl2O2/c24-19-8-7-17(22(25)13-19)14-27-20-9-5-15(6-10-20)11-18-12-16-3-1-2-4-21(16)23(18)26/h1-11,13H,12,14H2/b18-11+. The van der Waals surface area contributed by atoms with Crippen LogP contribution in [0.1, 0.15) is 27.0 Å². The Bertz CT molecular complexity index is 1040. The maximum atomic E-state index is 12.5. The number of hydrogen-bond donors (Lipinski definition) is 0. The average Bonchev–Trinajstić information content (AvgIpc) is 2.98. The van der Waals surface area contributed by atoms with E-state index < -0.39 is 0 Å². The van der Waals surface area contributed by atoms with E-state index in [1.165, 1.54) is 0 Å². The van der Waals surface area contributed by atoms with E-state index in [1.54, 1.807) is 12.1 Å². The summed E-state index contributed by atoms with van der Waals surface area (Å²) in [5, 5.41) is 1.19. The molecule has 0 unspecified atom stereocenters. The van der Waals surface area contributed by atoms with Gasteiger partial charge in [0.05, 0.1) is 0 Å². The van der Waals surface area contributed by atoms with Gasteiger partial charge < -0.3 is 4.74 Å². The molecular weight excluding hydrogens is 379 g/mol. The first-order valence-corrected chi connectivity index (χ1v) is 9.36. The molecule has 0 radical (unpaired) electrons. The first-order chi connectivity index (χ1) is 13.1. The molecule has 2 nitrogen and oxygen atoms in total. The SMILES string of the molecule is O=C1/C(=C/c2ccc(OCc3ccc(Cl)cc3Cl)cc2)Cc2ccccc21. The Kier molecular flexibility index (Phi) is 5.02. The molecule has 0 saturated carbocycles. The Balaban J connectivity index is 1.44. The lowest BCUT2D eigenvalue weighted by molar-refractivity contribution is 0.104. The normalized spacial score (nSPS) is 14.4. The van der Waals surface area contributed by atoms with Crippen LogP contribution in [0.2, 0.25) is 10.0 Å². The zero-order valence-electron chi connectivity index (χ0n) is 14.4. The van der Waals surface area contributed by atoms with Crippen molar-refractivity contribution in [2.24, 2.45) is 0 Å². The fourth-order valence-corrected chi connectivity index (χ4v) is 3.60. The number of fused-ring (bicyclic) bond motifs is 1. The molecule has 27 heavy (non-hydrogen) atoms. The van der Waals surface area contributed by atoms with Gasteiger partial charge in [-0.2, -0.15) is 0 Å². The Morgan fingerprint density at radius 3 is 2.48 bits per heavy atom. The third-order valence-electron chi connectivity index (χ3n) is 4.56. The summed E-state index contributed by atoms with van der Waals surface area (Å²) in [6, 6.07) is 20.8. The molecule has 0 spiro atoms. The Morgan fingerprint density at radius 2 is 1.74 bits per heavy atom. The van der Waals surface area contributed by atoms with E-state index in [4.69, 9.17) is 27.9 Å². The summed E-state index contributed by atoms with van der Waals surface area (Å²) in [6.07, 6.45) is 2.63. The van der Waals surface area contributed by atoms with Crippen molar-refractivity contribution in [2.45, 2.75) is 13.0 Å². The molecule has 0 N–H and O–H groups in total. The number of carbonyl (C=O) groups excluding carboxylic acids is 1. The van der Waals surface area contributed by atoms with Crippen molar-refractivity contribution in [3.8, 4) is 5.75 Å². The highest BCUT2D eigenvalue weighted by atomic mass is 35.5. The van der Waals surface area contributed by atoms with Crippen LogP contribution in [0.15, 0.2) is 72.3 Å². The molecule has 0 aromatic heterocycles. The van der Waals surface area contributed by atoms with Crippen LogP contribution in [0, 0.1) is 0 Å². The summed E-state index contributed by atoms with van der Waals surface area (Å²) >= 11 is 12.1. The van der Waals surface area contributed by atoms with Crippen LogP contribution in [0.5, 0.6) is 5.75 Å². The lowest BCUT2D eigenvalue weighted by Gasteiger charge is -2.08. The van der Waals surface area contributed by atoms with Crippen molar-refractivity contribution >= 4 is 35.1 Å². The summed E-state index contributed by atoms with van der Waals surface area (Å²) in [4.78, 5) is 12.5. The number of carbonyl (C=O) groups is 1. The zero-order chi connectivity index (χ0) is 18.8. The molecule has 0 aliphatic heterocycles. The van der Waals surface area contributed by atoms with E-state index in [2.05, 4.69) is 0 Å². The van der Waals surface area contributed by atoms with Crippen molar-refractivity contribution in [1.82, 2.24) is 0 Å². The fourth-order valence-electron chi connectivity index (χ4n) is 3.13. The number of ether oxygens (including phenoxy) is 1. The minimum absolute atomic E-state index is 0.114. The molecule has 4 heteroatoms. The average molecular weight is 395 g/mol. The molecule has 0 bridgehead atoms. The van der Waals surface area contributed by atoms with Gasteiger partial charge in [-0.25, -0.2) is 0 Å². The van der Waals surface area contributed by atoms with Crippen LogP contribution >= 0.6 is 23.2 Å². The molecule has 4 rings (SSSR count). The van der Waals surface area contributed by atoms with Crippen LogP contribution in [-0.2, 0) is 13.0 Å². The summed E-state index contributed by atoms with van der Waals surface area (Å²) < 4.78 is 5.79. The summed E-state index contributed by atoms with van der Waals surface area (Å²) in [6.45, 7) is 0.365. The lowest BCUT2D eigenvalue weighted by atomic mass is 10.1. The monoisotopic (exact) mass is 394 g/mol. The minimum Gasteiger partial charge on any atom is -0.489 e. The van der Waals surface area contributed by atoms with Gasteiger partial charge in [0.25, 0.3) is 0 Å². The highest BCUT2D eigenvalue weighted by Crippen LogP contribution is 2.28. The molecule has 3 aromatic carbocycles. The van der Waals surface area contributed by atoms with Gasteiger partial charge >= 0.3 is 0 Å². The number of rotatable bonds is 4. The van der Waals surface area contributed by atoms with Gasteiger partial charge in [0, 0.05) is 33.2 Å². The van der Waals surface area contributed by atoms with Crippen LogP contribution in [0.4, 0.5) is 0 Å². The fraction of sp³-hybridized carbons (Fsp3) is 0.0870. The van der Waals surface area contributed by atoms with Crippen LogP contribution < -0.4 is 4.74 Å². The highest BCUT2D eigenvalue weighted by molar-refractivity contribution is 6.35. The summed E-state index contributed by atoms with van der Waals surface area (Å²) in [5.74, 6) is 0.854. The second kappa shape index (κ2) is 7.59. The van der Waals surface area contributed by atoms with Crippen LogP contribution in [-0.4, -0.2) is 5.78 Å². The van der Waals surface area contributed by atoms with Crippen molar-refractivity contribution < 1.29 is 9.53 Å². The molecule has 0 fully saturated rings. The van der Waals surface area contributed by atoms with Crippen molar-refractivity contribution in [3.05, 3.63) is 105 Å². The Labute approximate surface area is 168 Å². The van der Waals surface area contributed by atoms with Crippen molar-refractivity contribution in [1.29, 1.82) is 0 Å². The first-order valence-electron chi connectivity index (χ1n) is 8.60. The molecule has 1 aliphatic carbocycles. The summed E-state index contributed by atoms with van der Waals surface area (Å²) in [7, 11) is 0. The predicted molar refractivity (Wildman–Crippen MR) is 110 cm³/mol. The molecule has 1 aliphatic rings. The van der Waals surface area contributed by atoms with Gasteiger partial charge in [0.1, 0.15) is 12.4 Å². The van der Waals surface area contributed by atoms with Crippen molar-refractivity contribution in [3.63, 3.8) is 0 Å². The van der Waals surface area contributed by atoms with Gasteiger partial charge in [0.2, 0.25) is 0 Å². The number of Topliss-reactive ketones (excluding diaryl/α,β-unsaturated/α-hetero) is 1. The van der Waals surface area contributed by atoms with Crippen LogP contribution in [0.3, 0.4) is 0 Å². The van der Waals surface area contributed by atoms with Crippen molar-refractivity contribution in [2.75, 3.05) is 0 Å². The molecule has 0 amide bonds. The predicted octanol–water partition coefficient (Wildman–Crippen LogP) is 6.39. The molecule has 134 valence electrons. The van der Waals surface area contributed by atoms with E-state index >= 15 is 0 Å². The van der Waals surface area contributed by atoms with E-state index in [9.17, 15) is 4.79 Å². The molecule has 3 aromatic rings. The van der Waals surface area contributed by atoms with Crippen LogP contribution in [0.25, 0.3) is 6.08 Å². The maximum Gasteiger partial charge on any atom is 0.189 e. The van der Waals surface area contributed by atoms with Gasteiger partial charge in [-0.05, 0) is 41.5 Å². The molecular formula is C23H16Cl2O2. The van der Waals surface area contributed by atoms with E-state index in [-0.39, 0.29) is 5.78 Å². The topological polar surface area (TPSA) is 26.3 Å². The molecule has 0 atom stereocenters. The number of halogens is 2. The smallest absolute Gasteiger partial charge is 0.189 e. The number of hydrogen-bond acceptors (Lipinski definition) is 2. The largest absolute Gasteiger partial charge is 0.489 e. The van der Waals surface area contributed by atoms with Gasteiger partial charge in [0.15, 0.2) is 5.78 Å². The van der Waals surface area contributed by atoms with Gasteiger partial charge in [-0.3, -0.25) is 4.79 Å². The quantitative estimate of drug-likeness (QED) is 0.478. The van der Waals surface area contributed by atoms with Gasteiger partial charge in [-0.1, -0.05) is 65.7 Å². The van der Waals surface area contributed by atoms with E-state index in [0.717, 1.165) is 33.6 Å². The van der Waals surface area contributed by atoms with E-state index in [1.807, 2.05) is 60.7 Å². The second-order valence-corrected chi connectivity index (χ2v) is 7.27. The lowest BCUT2D eigenvalue weighted by Crippen LogP contribution is -1.97. The number of benzene rings is 3. The zero-order valence-corrected chi connectivity index (χ0v) is 15.9. The van der Waals surface area contributed by atoms with Gasteiger partial charge in [-0.15, -0.1) is 0 Å². The number of ketones is 1. The number of allylic oxidation sites excluding steroid dienone is 1. The third kappa shape index (κ3) is 3.92. The summed E-state index contributed by atoms with van der Waals surface area (Å²) in [5.41, 5.74) is 4.57. The molecule has 0 saturated heterocycles. The van der Waals surface area contributed by atoms with E-state index in [0.29, 0.717) is 23.1 Å². The second-order valence-electron chi connectivity index (χ2n) is 6.43. The first kappa shape index (κ1) is 17.8. The Morgan fingerprint density at radius 1 is 0.963 bits per heavy atom.